The van der Waals surface area contributed by atoms with E-state index in [0.29, 0.717) is 13.2 Å². The standard InChI is InChI=1S/C9H21NO3/c1-6-12-8(10(4)5)7-13-9(2,3)11/h8,11H,6-7H2,1-5H3. The van der Waals surface area contributed by atoms with E-state index < -0.39 is 5.79 Å². The van der Waals surface area contributed by atoms with Gasteiger partial charge in [0, 0.05) is 6.61 Å². The third-order valence-electron chi connectivity index (χ3n) is 1.51. The molecule has 4 nitrogen and oxygen atoms in total. The first-order valence-corrected chi connectivity index (χ1v) is 4.51. The fraction of sp³-hybridized carbons (Fsp3) is 1.00. The summed E-state index contributed by atoms with van der Waals surface area (Å²) in [7, 11) is 3.82. The van der Waals surface area contributed by atoms with Crippen molar-refractivity contribution in [1.29, 1.82) is 0 Å². The van der Waals surface area contributed by atoms with E-state index in [1.807, 2.05) is 25.9 Å². The highest BCUT2D eigenvalue weighted by Gasteiger charge is 2.18. The summed E-state index contributed by atoms with van der Waals surface area (Å²) in [5.74, 6) is -1.09. The van der Waals surface area contributed by atoms with Crippen LogP contribution in [0.25, 0.3) is 0 Å². The second kappa shape index (κ2) is 5.54. The highest BCUT2D eigenvalue weighted by molar-refractivity contribution is 4.56. The Hall–Kier alpha value is -0.160. The predicted octanol–water partition coefficient (Wildman–Crippen LogP) is 0.656. The van der Waals surface area contributed by atoms with Crippen LogP contribution in [0.2, 0.25) is 0 Å². The molecule has 0 aromatic rings. The summed E-state index contributed by atoms with van der Waals surface area (Å²) in [6.07, 6.45) is -0.101. The lowest BCUT2D eigenvalue weighted by molar-refractivity contribution is -0.208. The Morgan fingerprint density at radius 2 is 1.92 bits per heavy atom. The van der Waals surface area contributed by atoms with E-state index in [4.69, 9.17) is 9.47 Å². The van der Waals surface area contributed by atoms with Crippen molar-refractivity contribution in [2.75, 3.05) is 27.3 Å². The molecule has 0 aromatic carbocycles. The van der Waals surface area contributed by atoms with Crippen molar-refractivity contribution in [2.24, 2.45) is 0 Å². The highest BCUT2D eigenvalue weighted by Crippen LogP contribution is 2.06. The van der Waals surface area contributed by atoms with E-state index in [1.165, 1.54) is 0 Å². The lowest BCUT2D eigenvalue weighted by Gasteiger charge is -2.27. The first-order valence-electron chi connectivity index (χ1n) is 4.51. The molecule has 0 spiro atoms. The Labute approximate surface area is 80.4 Å². The van der Waals surface area contributed by atoms with Gasteiger partial charge in [0.25, 0.3) is 0 Å². The SMILES string of the molecule is CCOC(COC(C)(C)O)N(C)C. The normalized spacial score (nSPS) is 15.0. The van der Waals surface area contributed by atoms with Crippen LogP contribution < -0.4 is 0 Å². The molecule has 0 saturated carbocycles. The molecule has 0 rings (SSSR count). The first kappa shape index (κ1) is 12.8. The molecule has 4 heteroatoms. The molecule has 0 aromatic heterocycles. The minimum absolute atomic E-state index is 0.101. The van der Waals surface area contributed by atoms with Crippen molar-refractivity contribution in [3.63, 3.8) is 0 Å². The highest BCUT2D eigenvalue weighted by atomic mass is 16.6. The lowest BCUT2D eigenvalue weighted by Crippen LogP contribution is -2.38. The van der Waals surface area contributed by atoms with Gasteiger partial charge in [-0.1, -0.05) is 0 Å². The zero-order chi connectivity index (χ0) is 10.5. The fourth-order valence-corrected chi connectivity index (χ4v) is 0.814. The zero-order valence-electron chi connectivity index (χ0n) is 9.20. The lowest BCUT2D eigenvalue weighted by atomic mass is 10.4. The number of ether oxygens (including phenoxy) is 2. The van der Waals surface area contributed by atoms with Gasteiger partial charge in [-0.05, 0) is 34.9 Å². The van der Waals surface area contributed by atoms with Crippen LogP contribution in [0.1, 0.15) is 20.8 Å². The van der Waals surface area contributed by atoms with Gasteiger partial charge in [-0.25, -0.2) is 0 Å². The van der Waals surface area contributed by atoms with Crippen molar-refractivity contribution < 1.29 is 14.6 Å². The number of nitrogens with zero attached hydrogens (tertiary/aromatic N) is 1. The van der Waals surface area contributed by atoms with E-state index in [2.05, 4.69) is 0 Å². The van der Waals surface area contributed by atoms with Crippen molar-refractivity contribution in [3.05, 3.63) is 0 Å². The summed E-state index contributed by atoms with van der Waals surface area (Å²) in [6, 6.07) is 0. The molecule has 80 valence electrons. The van der Waals surface area contributed by atoms with Crippen LogP contribution in [0.3, 0.4) is 0 Å². The van der Waals surface area contributed by atoms with Crippen molar-refractivity contribution >= 4 is 0 Å². The molecular formula is C9H21NO3. The van der Waals surface area contributed by atoms with E-state index in [0.717, 1.165) is 0 Å². The Morgan fingerprint density at radius 3 is 2.23 bits per heavy atom. The van der Waals surface area contributed by atoms with Crippen LogP contribution in [0.5, 0.6) is 0 Å². The molecule has 0 aliphatic heterocycles. The van der Waals surface area contributed by atoms with Crippen LogP contribution in [0, 0.1) is 0 Å². The quantitative estimate of drug-likeness (QED) is 0.626. The van der Waals surface area contributed by atoms with Crippen LogP contribution >= 0.6 is 0 Å². The molecule has 1 unspecified atom stereocenters. The molecule has 13 heavy (non-hydrogen) atoms. The van der Waals surface area contributed by atoms with Crippen molar-refractivity contribution in [2.45, 2.75) is 32.8 Å². The molecule has 0 radical (unpaired) electrons. The molecule has 0 bridgehead atoms. The number of rotatable bonds is 6. The number of likely N-dealkylation sites (N-methyl/N-ethyl adjacent to an activating group) is 1. The second-order valence-electron chi connectivity index (χ2n) is 3.63. The summed E-state index contributed by atoms with van der Waals surface area (Å²) >= 11 is 0. The molecule has 0 aliphatic rings. The number of hydrogen-bond acceptors (Lipinski definition) is 4. The summed E-state index contributed by atoms with van der Waals surface area (Å²) in [4.78, 5) is 1.91. The minimum atomic E-state index is -1.09. The molecule has 0 saturated heterocycles. The number of aliphatic hydroxyl groups is 1. The Bertz CT molecular complexity index is 131. The van der Waals surface area contributed by atoms with Crippen LogP contribution in [0.4, 0.5) is 0 Å². The average Bonchev–Trinajstić information content (AvgIpc) is 1.95. The van der Waals surface area contributed by atoms with Gasteiger partial charge in [0.15, 0.2) is 5.79 Å². The molecule has 1 N–H and O–H groups in total. The third-order valence-corrected chi connectivity index (χ3v) is 1.51. The molecule has 0 heterocycles. The summed E-state index contributed by atoms with van der Waals surface area (Å²) < 4.78 is 10.6. The maximum Gasteiger partial charge on any atom is 0.159 e. The van der Waals surface area contributed by atoms with Crippen LogP contribution in [-0.4, -0.2) is 49.3 Å². The van der Waals surface area contributed by atoms with Gasteiger partial charge in [-0.2, -0.15) is 0 Å². The zero-order valence-corrected chi connectivity index (χ0v) is 9.20. The molecule has 1 atom stereocenters. The van der Waals surface area contributed by atoms with Crippen LogP contribution in [0.15, 0.2) is 0 Å². The second-order valence-corrected chi connectivity index (χ2v) is 3.63. The third kappa shape index (κ3) is 6.95. The van der Waals surface area contributed by atoms with Gasteiger partial charge >= 0.3 is 0 Å². The molecule has 0 amide bonds. The van der Waals surface area contributed by atoms with Gasteiger partial charge in [0.05, 0.1) is 6.61 Å². The summed E-state index contributed by atoms with van der Waals surface area (Å²) in [5, 5.41) is 9.32. The largest absolute Gasteiger partial charge is 0.366 e. The van der Waals surface area contributed by atoms with Crippen LogP contribution in [-0.2, 0) is 9.47 Å². The van der Waals surface area contributed by atoms with Gasteiger partial charge in [0.2, 0.25) is 0 Å². The topological polar surface area (TPSA) is 41.9 Å². The maximum atomic E-state index is 9.32. The van der Waals surface area contributed by atoms with Crippen molar-refractivity contribution in [1.82, 2.24) is 4.90 Å². The molecule has 0 aliphatic carbocycles. The van der Waals surface area contributed by atoms with E-state index in [9.17, 15) is 5.11 Å². The van der Waals surface area contributed by atoms with Crippen molar-refractivity contribution in [3.8, 4) is 0 Å². The van der Waals surface area contributed by atoms with Gasteiger partial charge < -0.3 is 14.6 Å². The molecular weight excluding hydrogens is 170 g/mol. The molecule has 0 fully saturated rings. The maximum absolute atomic E-state index is 9.32. The summed E-state index contributed by atoms with van der Waals surface area (Å²) in [5.41, 5.74) is 0. The Balaban J connectivity index is 3.82. The Kier molecular flexibility index (Phi) is 5.48. The number of hydrogen-bond donors (Lipinski definition) is 1. The van der Waals surface area contributed by atoms with Gasteiger partial charge in [0.1, 0.15) is 6.23 Å². The van der Waals surface area contributed by atoms with E-state index >= 15 is 0 Å². The first-order chi connectivity index (χ1) is 5.87. The fourth-order valence-electron chi connectivity index (χ4n) is 0.814. The van der Waals surface area contributed by atoms with E-state index in [1.54, 1.807) is 13.8 Å². The van der Waals surface area contributed by atoms with Gasteiger partial charge in [-0.3, -0.25) is 4.90 Å². The average molecular weight is 191 g/mol. The minimum Gasteiger partial charge on any atom is -0.366 e. The van der Waals surface area contributed by atoms with E-state index in [-0.39, 0.29) is 6.23 Å². The smallest absolute Gasteiger partial charge is 0.159 e. The predicted molar refractivity (Wildman–Crippen MR) is 51.4 cm³/mol. The van der Waals surface area contributed by atoms with Gasteiger partial charge in [-0.15, -0.1) is 0 Å². The monoisotopic (exact) mass is 191 g/mol. The Morgan fingerprint density at radius 1 is 1.38 bits per heavy atom. The summed E-state index contributed by atoms with van der Waals surface area (Å²) in [6.45, 7) is 6.14.